The van der Waals surface area contributed by atoms with Crippen molar-refractivity contribution < 1.29 is 8.42 Å². The first-order chi connectivity index (χ1) is 8.38. The zero-order valence-electron chi connectivity index (χ0n) is 10.5. The summed E-state index contributed by atoms with van der Waals surface area (Å²) in [7, 11) is -3.34. The van der Waals surface area contributed by atoms with Gasteiger partial charge in [-0.15, -0.1) is 0 Å². The summed E-state index contributed by atoms with van der Waals surface area (Å²) >= 11 is 0. The summed E-state index contributed by atoms with van der Waals surface area (Å²) in [5.74, 6) is 0.458. The average Bonchev–Trinajstić information content (AvgIpc) is 2.70. The van der Waals surface area contributed by atoms with Crippen molar-refractivity contribution >= 4 is 26.6 Å². The first kappa shape index (κ1) is 12.9. The highest BCUT2D eigenvalue weighted by molar-refractivity contribution is 7.91. The number of nitrogen functional groups attached to an aromatic ring is 1. The number of fused-ring (bicyclic) bond motifs is 1. The standard InChI is InChI=1S/C12H17N3O2S/c1-8(2)5-6-18(16,17)12-14-10-4-3-9(13)7-11(10)15-12/h3-4,7-8H,5-6,13H2,1-2H3,(H,14,15). The number of nitrogens with two attached hydrogens (primary N) is 1. The zero-order valence-corrected chi connectivity index (χ0v) is 11.3. The summed E-state index contributed by atoms with van der Waals surface area (Å²) in [5, 5.41) is 0.0313. The van der Waals surface area contributed by atoms with E-state index in [2.05, 4.69) is 9.97 Å². The Balaban J connectivity index is 2.36. The van der Waals surface area contributed by atoms with Crippen LogP contribution in [0.15, 0.2) is 23.4 Å². The Morgan fingerprint density at radius 1 is 1.39 bits per heavy atom. The number of hydrogen-bond acceptors (Lipinski definition) is 4. The molecular weight excluding hydrogens is 250 g/mol. The third kappa shape index (κ3) is 2.64. The van der Waals surface area contributed by atoms with E-state index in [1.54, 1.807) is 18.2 Å². The molecule has 0 fully saturated rings. The first-order valence-electron chi connectivity index (χ1n) is 5.86. The van der Waals surface area contributed by atoms with Gasteiger partial charge in [0.15, 0.2) is 0 Å². The molecule has 0 atom stereocenters. The molecule has 0 bridgehead atoms. The topological polar surface area (TPSA) is 88.8 Å². The highest BCUT2D eigenvalue weighted by Crippen LogP contribution is 2.19. The lowest BCUT2D eigenvalue weighted by Crippen LogP contribution is -2.10. The molecule has 0 amide bonds. The lowest BCUT2D eigenvalue weighted by molar-refractivity contribution is 0.568. The maximum absolute atomic E-state index is 12.1. The SMILES string of the molecule is CC(C)CCS(=O)(=O)c1nc2ccc(N)cc2[nH]1. The minimum absolute atomic E-state index is 0.0313. The zero-order chi connectivity index (χ0) is 13.3. The number of H-pyrrole nitrogens is 1. The number of aromatic amines is 1. The van der Waals surface area contributed by atoms with Gasteiger partial charge in [0.05, 0.1) is 16.8 Å². The molecule has 1 aromatic carbocycles. The Labute approximate surface area is 106 Å². The van der Waals surface area contributed by atoms with Gasteiger partial charge in [-0.3, -0.25) is 0 Å². The largest absolute Gasteiger partial charge is 0.399 e. The van der Waals surface area contributed by atoms with Crippen LogP contribution in [-0.2, 0) is 9.84 Å². The maximum atomic E-state index is 12.1. The van der Waals surface area contributed by atoms with Crippen LogP contribution in [0.1, 0.15) is 20.3 Å². The van der Waals surface area contributed by atoms with Crippen LogP contribution in [0, 0.1) is 5.92 Å². The van der Waals surface area contributed by atoms with Gasteiger partial charge in [0.1, 0.15) is 0 Å². The highest BCUT2D eigenvalue weighted by atomic mass is 32.2. The quantitative estimate of drug-likeness (QED) is 0.829. The van der Waals surface area contributed by atoms with Gasteiger partial charge < -0.3 is 10.7 Å². The van der Waals surface area contributed by atoms with Crippen LogP contribution in [-0.4, -0.2) is 24.1 Å². The molecule has 0 radical (unpaired) electrons. The van der Waals surface area contributed by atoms with Gasteiger partial charge in [0.2, 0.25) is 15.0 Å². The summed E-state index contributed by atoms with van der Waals surface area (Å²) in [6.07, 6.45) is 0.627. The molecular formula is C12H17N3O2S. The minimum atomic E-state index is -3.34. The second-order valence-electron chi connectivity index (χ2n) is 4.82. The smallest absolute Gasteiger partial charge is 0.226 e. The van der Waals surface area contributed by atoms with E-state index in [9.17, 15) is 8.42 Å². The number of imidazole rings is 1. The van der Waals surface area contributed by atoms with Crippen LogP contribution < -0.4 is 5.73 Å². The molecule has 3 N–H and O–H groups in total. The molecule has 0 spiro atoms. The third-order valence-electron chi connectivity index (χ3n) is 2.74. The molecule has 5 nitrogen and oxygen atoms in total. The predicted octanol–water partition coefficient (Wildman–Crippen LogP) is 1.96. The normalized spacial score (nSPS) is 12.4. The van der Waals surface area contributed by atoms with Gasteiger partial charge in [0, 0.05) is 5.69 Å². The molecule has 0 unspecified atom stereocenters. The van der Waals surface area contributed by atoms with Gasteiger partial charge in [-0.05, 0) is 30.5 Å². The van der Waals surface area contributed by atoms with E-state index in [1.165, 1.54) is 0 Å². The number of nitrogens with one attached hydrogen (secondary N) is 1. The summed E-state index contributed by atoms with van der Waals surface area (Å²) in [6.45, 7) is 3.99. The molecule has 1 aromatic heterocycles. The Morgan fingerprint density at radius 3 is 2.78 bits per heavy atom. The molecule has 2 rings (SSSR count). The minimum Gasteiger partial charge on any atom is -0.399 e. The molecule has 2 aromatic rings. The Morgan fingerprint density at radius 2 is 2.11 bits per heavy atom. The van der Waals surface area contributed by atoms with Crippen LogP contribution in [0.3, 0.4) is 0 Å². The van der Waals surface area contributed by atoms with Gasteiger partial charge in [-0.1, -0.05) is 13.8 Å². The van der Waals surface area contributed by atoms with Gasteiger partial charge >= 0.3 is 0 Å². The first-order valence-corrected chi connectivity index (χ1v) is 7.52. The van der Waals surface area contributed by atoms with Gasteiger partial charge in [-0.2, -0.15) is 0 Å². The molecule has 0 aliphatic heterocycles. The molecule has 0 saturated carbocycles. The number of benzene rings is 1. The van der Waals surface area contributed by atoms with Gasteiger partial charge in [0.25, 0.3) is 0 Å². The number of rotatable bonds is 4. The fraction of sp³-hybridized carbons (Fsp3) is 0.417. The van der Waals surface area contributed by atoms with E-state index in [0.29, 0.717) is 29.1 Å². The maximum Gasteiger partial charge on any atom is 0.226 e. The lowest BCUT2D eigenvalue weighted by atomic mass is 10.2. The third-order valence-corrected chi connectivity index (χ3v) is 4.30. The van der Waals surface area contributed by atoms with Crippen molar-refractivity contribution in [2.75, 3.05) is 11.5 Å². The van der Waals surface area contributed by atoms with Crippen LogP contribution in [0.4, 0.5) is 5.69 Å². The van der Waals surface area contributed by atoms with E-state index in [4.69, 9.17) is 5.73 Å². The second kappa shape index (κ2) is 4.61. The monoisotopic (exact) mass is 267 g/mol. The van der Waals surface area contributed by atoms with Crippen LogP contribution in [0.25, 0.3) is 11.0 Å². The lowest BCUT2D eigenvalue weighted by Gasteiger charge is -2.03. The Hall–Kier alpha value is -1.56. The van der Waals surface area contributed by atoms with Crippen LogP contribution in [0.2, 0.25) is 0 Å². The highest BCUT2D eigenvalue weighted by Gasteiger charge is 2.19. The Kier molecular flexibility index (Phi) is 3.30. The predicted molar refractivity (Wildman–Crippen MR) is 72.0 cm³/mol. The van der Waals surface area contributed by atoms with E-state index in [1.807, 2.05) is 13.8 Å². The van der Waals surface area contributed by atoms with Crippen LogP contribution >= 0.6 is 0 Å². The summed E-state index contributed by atoms with van der Waals surface area (Å²) < 4.78 is 24.1. The van der Waals surface area contributed by atoms with Crippen molar-refractivity contribution in [1.82, 2.24) is 9.97 Å². The van der Waals surface area contributed by atoms with Crippen molar-refractivity contribution in [1.29, 1.82) is 0 Å². The molecule has 0 aliphatic rings. The van der Waals surface area contributed by atoms with Crippen molar-refractivity contribution in [2.24, 2.45) is 5.92 Å². The number of nitrogens with zero attached hydrogens (tertiary/aromatic N) is 1. The van der Waals surface area contributed by atoms with Crippen molar-refractivity contribution in [3.05, 3.63) is 18.2 Å². The van der Waals surface area contributed by atoms with E-state index >= 15 is 0 Å². The van der Waals surface area contributed by atoms with E-state index in [0.717, 1.165) is 0 Å². The van der Waals surface area contributed by atoms with E-state index < -0.39 is 9.84 Å². The fourth-order valence-corrected chi connectivity index (χ4v) is 3.12. The number of hydrogen-bond donors (Lipinski definition) is 2. The summed E-state index contributed by atoms with van der Waals surface area (Å²) in [6, 6.07) is 5.10. The number of sulfone groups is 1. The second-order valence-corrected chi connectivity index (χ2v) is 6.84. The molecule has 6 heteroatoms. The summed E-state index contributed by atoms with van der Waals surface area (Å²) in [5.41, 5.74) is 7.49. The number of aromatic nitrogens is 2. The molecule has 18 heavy (non-hydrogen) atoms. The van der Waals surface area contributed by atoms with E-state index in [-0.39, 0.29) is 10.9 Å². The Bertz CT molecular complexity index is 659. The van der Waals surface area contributed by atoms with Crippen molar-refractivity contribution in [2.45, 2.75) is 25.4 Å². The van der Waals surface area contributed by atoms with Gasteiger partial charge in [-0.25, -0.2) is 13.4 Å². The number of anilines is 1. The molecule has 98 valence electrons. The van der Waals surface area contributed by atoms with Crippen LogP contribution in [0.5, 0.6) is 0 Å². The van der Waals surface area contributed by atoms with Crippen molar-refractivity contribution in [3.63, 3.8) is 0 Å². The van der Waals surface area contributed by atoms with Crippen molar-refractivity contribution in [3.8, 4) is 0 Å². The molecule has 1 heterocycles. The summed E-state index contributed by atoms with van der Waals surface area (Å²) in [4.78, 5) is 6.93. The molecule has 0 aliphatic carbocycles. The average molecular weight is 267 g/mol. The fourth-order valence-electron chi connectivity index (χ4n) is 1.64. The molecule has 0 saturated heterocycles.